The van der Waals surface area contributed by atoms with Gasteiger partial charge in [-0.25, -0.2) is 0 Å². The van der Waals surface area contributed by atoms with Crippen LogP contribution >= 0.6 is 27.5 Å². The Morgan fingerprint density at radius 2 is 2.11 bits per heavy atom. The number of aromatic nitrogens is 1. The second kappa shape index (κ2) is 5.89. The van der Waals surface area contributed by atoms with Gasteiger partial charge in [0, 0.05) is 33.2 Å². The van der Waals surface area contributed by atoms with E-state index in [1.165, 1.54) is 0 Å². The van der Waals surface area contributed by atoms with E-state index in [9.17, 15) is 0 Å². The molecule has 0 bridgehead atoms. The molecule has 2 nitrogen and oxygen atoms in total. The second-order valence-corrected chi connectivity index (χ2v) is 6.58. The number of nitrogens with zero attached hydrogens (tertiary/aromatic N) is 1. The van der Waals surface area contributed by atoms with Gasteiger partial charge in [0.05, 0.1) is 5.52 Å². The number of hydrogen-bond donors (Lipinski definition) is 1. The molecule has 0 saturated heterocycles. The lowest BCUT2D eigenvalue weighted by atomic mass is 10.1. The van der Waals surface area contributed by atoms with Crippen molar-refractivity contribution >= 4 is 44.1 Å². The summed E-state index contributed by atoms with van der Waals surface area (Å²) in [5.74, 6) is 0. The van der Waals surface area contributed by atoms with E-state index < -0.39 is 0 Å². The zero-order chi connectivity index (χ0) is 13.1. The van der Waals surface area contributed by atoms with Crippen LogP contribution < -0.4 is 5.32 Å². The lowest BCUT2D eigenvalue weighted by Gasteiger charge is -2.17. The van der Waals surface area contributed by atoms with Crippen molar-refractivity contribution in [3.8, 4) is 0 Å². The van der Waals surface area contributed by atoms with Crippen LogP contribution in [0.15, 0.2) is 30.5 Å². The molecule has 2 rings (SSSR count). The normalized spacial score (nSPS) is 14.4. The van der Waals surface area contributed by atoms with Crippen LogP contribution in [0.25, 0.3) is 10.9 Å². The molecular formula is C14H16BrClN2. The predicted molar refractivity (Wildman–Crippen MR) is 82.8 cm³/mol. The molecule has 0 radical (unpaired) electrons. The van der Waals surface area contributed by atoms with Crippen molar-refractivity contribution in [1.29, 1.82) is 0 Å². The molecule has 2 atom stereocenters. The van der Waals surface area contributed by atoms with Gasteiger partial charge < -0.3 is 5.32 Å². The first-order chi connectivity index (χ1) is 8.56. The van der Waals surface area contributed by atoms with Crippen molar-refractivity contribution in [2.45, 2.75) is 31.1 Å². The van der Waals surface area contributed by atoms with E-state index in [1.807, 2.05) is 30.5 Å². The third-order valence-corrected chi connectivity index (χ3v) is 3.39. The summed E-state index contributed by atoms with van der Waals surface area (Å²) in [7, 11) is 0. The minimum absolute atomic E-state index is 0.403. The van der Waals surface area contributed by atoms with Crippen molar-refractivity contribution < 1.29 is 0 Å². The van der Waals surface area contributed by atoms with Gasteiger partial charge in [-0.2, -0.15) is 0 Å². The lowest BCUT2D eigenvalue weighted by molar-refractivity contribution is 0.709. The van der Waals surface area contributed by atoms with E-state index in [-0.39, 0.29) is 0 Å². The maximum absolute atomic E-state index is 5.98. The summed E-state index contributed by atoms with van der Waals surface area (Å²) >= 11 is 9.56. The quantitative estimate of drug-likeness (QED) is 0.811. The molecule has 1 heterocycles. The zero-order valence-corrected chi connectivity index (χ0v) is 12.8. The average Bonchev–Trinajstić information content (AvgIpc) is 2.27. The Bertz CT molecular complexity index is 542. The van der Waals surface area contributed by atoms with Gasteiger partial charge in [-0.3, -0.25) is 4.98 Å². The highest BCUT2D eigenvalue weighted by atomic mass is 79.9. The van der Waals surface area contributed by atoms with Crippen molar-refractivity contribution in [1.82, 2.24) is 4.98 Å². The Morgan fingerprint density at radius 1 is 1.33 bits per heavy atom. The first kappa shape index (κ1) is 13.6. The fourth-order valence-electron chi connectivity index (χ4n) is 2.06. The summed E-state index contributed by atoms with van der Waals surface area (Å²) < 4.78 is 0. The van der Waals surface area contributed by atoms with Crippen molar-refractivity contribution in [3.63, 3.8) is 0 Å². The van der Waals surface area contributed by atoms with Crippen LogP contribution in [-0.4, -0.2) is 15.9 Å². The SMILES string of the molecule is CC(Br)CC(C)Nc1ccnc2cc(Cl)ccc12. The van der Waals surface area contributed by atoms with E-state index in [1.54, 1.807) is 0 Å². The number of halogens is 2. The highest BCUT2D eigenvalue weighted by Gasteiger charge is 2.08. The second-order valence-electron chi connectivity index (χ2n) is 4.58. The molecule has 4 heteroatoms. The van der Waals surface area contributed by atoms with E-state index in [2.05, 4.69) is 40.1 Å². The summed E-state index contributed by atoms with van der Waals surface area (Å²) in [4.78, 5) is 4.84. The van der Waals surface area contributed by atoms with Crippen LogP contribution in [0.2, 0.25) is 5.02 Å². The molecule has 1 aromatic heterocycles. The molecule has 0 saturated carbocycles. The van der Waals surface area contributed by atoms with Crippen molar-refractivity contribution in [3.05, 3.63) is 35.5 Å². The molecule has 18 heavy (non-hydrogen) atoms. The Kier molecular flexibility index (Phi) is 4.46. The number of anilines is 1. The van der Waals surface area contributed by atoms with Crippen molar-refractivity contribution in [2.24, 2.45) is 0 Å². The van der Waals surface area contributed by atoms with E-state index in [0.29, 0.717) is 15.9 Å². The van der Waals surface area contributed by atoms with Crippen LogP contribution in [0.4, 0.5) is 5.69 Å². The van der Waals surface area contributed by atoms with Crippen LogP contribution in [-0.2, 0) is 0 Å². The van der Waals surface area contributed by atoms with Gasteiger partial charge in [0.1, 0.15) is 0 Å². The maximum Gasteiger partial charge on any atom is 0.0737 e. The summed E-state index contributed by atoms with van der Waals surface area (Å²) in [5, 5.41) is 5.35. The lowest BCUT2D eigenvalue weighted by Crippen LogP contribution is -2.18. The monoisotopic (exact) mass is 326 g/mol. The largest absolute Gasteiger partial charge is 0.382 e. The van der Waals surface area contributed by atoms with Crippen LogP contribution in [0.5, 0.6) is 0 Å². The molecule has 1 aromatic carbocycles. The number of hydrogen-bond acceptors (Lipinski definition) is 2. The van der Waals surface area contributed by atoms with Gasteiger partial charge >= 0.3 is 0 Å². The van der Waals surface area contributed by atoms with Crippen molar-refractivity contribution in [2.75, 3.05) is 5.32 Å². The van der Waals surface area contributed by atoms with Gasteiger partial charge in [-0.1, -0.05) is 34.5 Å². The predicted octanol–water partition coefficient (Wildman–Crippen LogP) is 4.86. The van der Waals surface area contributed by atoms with Crippen LogP contribution in [0, 0.1) is 0 Å². The maximum atomic E-state index is 5.98. The Morgan fingerprint density at radius 3 is 2.83 bits per heavy atom. The molecule has 96 valence electrons. The van der Waals surface area contributed by atoms with Gasteiger partial charge in [-0.15, -0.1) is 0 Å². The van der Waals surface area contributed by atoms with Gasteiger partial charge in [0.25, 0.3) is 0 Å². The highest BCUT2D eigenvalue weighted by molar-refractivity contribution is 9.09. The number of benzene rings is 1. The minimum Gasteiger partial charge on any atom is -0.382 e. The number of rotatable bonds is 4. The molecule has 2 unspecified atom stereocenters. The van der Waals surface area contributed by atoms with Crippen LogP contribution in [0.1, 0.15) is 20.3 Å². The topological polar surface area (TPSA) is 24.9 Å². The van der Waals surface area contributed by atoms with Gasteiger partial charge in [0.15, 0.2) is 0 Å². The summed E-state index contributed by atoms with van der Waals surface area (Å²) in [6.07, 6.45) is 2.88. The molecule has 0 aliphatic carbocycles. The molecule has 0 aliphatic rings. The number of pyridine rings is 1. The average molecular weight is 328 g/mol. The number of fused-ring (bicyclic) bond motifs is 1. The number of nitrogens with one attached hydrogen (secondary N) is 1. The molecule has 1 N–H and O–H groups in total. The fraction of sp³-hybridized carbons (Fsp3) is 0.357. The molecule has 0 fully saturated rings. The first-order valence-corrected chi connectivity index (χ1v) is 7.30. The first-order valence-electron chi connectivity index (χ1n) is 6.01. The van der Waals surface area contributed by atoms with Gasteiger partial charge in [0.2, 0.25) is 0 Å². The summed E-state index contributed by atoms with van der Waals surface area (Å²) in [6, 6.07) is 8.21. The smallest absolute Gasteiger partial charge is 0.0737 e. The molecule has 2 aromatic rings. The van der Waals surface area contributed by atoms with E-state index >= 15 is 0 Å². The van der Waals surface area contributed by atoms with Crippen LogP contribution in [0.3, 0.4) is 0 Å². The zero-order valence-electron chi connectivity index (χ0n) is 10.5. The third kappa shape index (κ3) is 3.36. The highest BCUT2D eigenvalue weighted by Crippen LogP contribution is 2.25. The summed E-state index contributed by atoms with van der Waals surface area (Å²) in [5.41, 5.74) is 2.03. The molecule has 0 amide bonds. The Labute approximate surface area is 121 Å². The molecule has 0 aliphatic heterocycles. The van der Waals surface area contributed by atoms with E-state index in [4.69, 9.17) is 11.6 Å². The summed E-state index contributed by atoms with van der Waals surface area (Å²) in [6.45, 7) is 4.34. The fourth-order valence-corrected chi connectivity index (χ4v) is 2.79. The number of alkyl halides is 1. The third-order valence-electron chi connectivity index (χ3n) is 2.79. The van der Waals surface area contributed by atoms with Gasteiger partial charge in [-0.05, 0) is 37.6 Å². The minimum atomic E-state index is 0.403. The van der Waals surface area contributed by atoms with E-state index in [0.717, 1.165) is 23.0 Å². The Balaban J connectivity index is 2.28. The molecular weight excluding hydrogens is 312 g/mol. The standard InChI is InChI=1S/C14H16BrClN2/c1-9(15)7-10(2)18-13-5-6-17-14-8-11(16)3-4-12(13)14/h3-6,8-10H,7H2,1-2H3,(H,17,18). The Hall–Kier alpha value is -0.800. The molecule has 0 spiro atoms.